The average Bonchev–Trinajstić information content (AvgIpc) is 2.32. The lowest BCUT2D eigenvalue weighted by Crippen LogP contribution is -2.47. The largest absolute Gasteiger partial charge is 0.481 e. The summed E-state index contributed by atoms with van der Waals surface area (Å²) in [4.78, 5) is 34.1. The molecule has 7 nitrogen and oxygen atoms in total. The Labute approximate surface area is 131 Å². The maximum Gasteiger partial charge on any atom is 0.408 e. The van der Waals surface area contributed by atoms with E-state index in [-0.39, 0.29) is 18.9 Å². The van der Waals surface area contributed by atoms with Crippen molar-refractivity contribution >= 4 is 18.0 Å². The summed E-state index contributed by atoms with van der Waals surface area (Å²) in [5, 5.41) is 11.0. The van der Waals surface area contributed by atoms with Crippen molar-refractivity contribution in [3.63, 3.8) is 0 Å². The van der Waals surface area contributed by atoms with Gasteiger partial charge in [0.25, 0.3) is 0 Å². The van der Waals surface area contributed by atoms with E-state index in [1.54, 1.807) is 34.6 Å². The molecule has 0 aliphatic heterocycles. The maximum absolute atomic E-state index is 12.0. The fourth-order valence-electron chi connectivity index (χ4n) is 1.57. The number of aliphatic carboxylic acids is 1. The van der Waals surface area contributed by atoms with E-state index in [1.165, 1.54) is 0 Å². The molecule has 0 aromatic rings. The number of carbonyl (C=O) groups is 3. The zero-order chi connectivity index (χ0) is 17.3. The average molecular weight is 317 g/mol. The molecule has 0 fully saturated rings. The Morgan fingerprint density at radius 3 is 2.18 bits per heavy atom. The molecule has 1 amide bonds. The minimum atomic E-state index is -0.877. The number of alkyl carbamates (subject to hydrolysis) is 1. The molecule has 0 radical (unpaired) electrons. The molecule has 128 valence electrons. The first-order valence-electron chi connectivity index (χ1n) is 7.41. The second kappa shape index (κ2) is 9.27. The molecule has 0 aliphatic rings. The van der Waals surface area contributed by atoms with E-state index in [9.17, 15) is 14.4 Å². The number of esters is 1. The molecule has 0 spiro atoms. The number of hydrogen-bond donors (Lipinski definition) is 2. The summed E-state index contributed by atoms with van der Waals surface area (Å²) >= 11 is 0. The predicted molar refractivity (Wildman–Crippen MR) is 80.4 cm³/mol. The van der Waals surface area contributed by atoms with E-state index < -0.39 is 29.7 Å². The van der Waals surface area contributed by atoms with Crippen molar-refractivity contribution in [2.45, 2.75) is 65.5 Å². The van der Waals surface area contributed by atoms with E-state index in [0.717, 1.165) is 0 Å². The van der Waals surface area contributed by atoms with Crippen LogP contribution in [0.4, 0.5) is 4.79 Å². The summed E-state index contributed by atoms with van der Waals surface area (Å²) in [5.74, 6) is -1.58. The lowest BCUT2D eigenvalue weighted by atomic mass is 10.1. The summed E-state index contributed by atoms with van der Waals surface area (Å²) in [6.07, 6.45) is 0.277. The molecule has 0 aromatic heterocycles. The molecule has 1 atom stereocenters. The topological polar surface area (TPSA) is 102 Å². The molecule has 0 rings (SSSR count). The van der Waals surface area contributed by atoms with Gasteiger partial charge in [-0.2, -0.15) is 0 Å². The normalized spacial score (nSPS) is 12.6. The van der Waals surface area contributed by atoms with Gasteiger partial charge in [0.05, 0.1) is 6.61 Å². The number of carboxylic acids is 1. The highest BCUT2D eigenvalue weighted by molar-refractivity contribution is 5.81. The van der Waals surface area contributed by atoms with Gasteiger partial charge in [0.2, 0.25) is 0 Å². The van der Waals surface area contributed by atoms with Crippen LogP contribution in [-0.2, 0) is 19.1 Å². The SMILES string of the molecule is CC(C)C(NC(=O)OC(C)(C)C)C(=O)OCCCCC(=O)O. The summed E-state index contributed by atoms with van der Waals surface area (Å²) < 4.78 is 10.2. The van der Waals surface area contributed by atoms with E-state index in [1.807, 2.05) is 0 Å². The van der Waals surface area contributed by atoms with Crippen LogP contribution >= 0.6 is 0 Å². The van der Waals surface area contributed by atoms with E-state index >= 15 is 0 Å². The number of rotatable bonds is 8. The fourth-order valence-corrected chi connectivity index (χ4v) is 1.57. The van der Waals surface area contributed by atoms with Crippen molar-refractivity contribution < 1.29 is 29.0 Å². The Morgan fingerprint density at radius 1 is 1.14 bits per heavy atom. The number of carboxylic acid groups (broad SMARTS) is 1. The standard InChI is InChI=1S/C15H27NO6/c1-10(2)12(16-14(20)22-15(3,4)5)13(19)21-9-7-6-8-11(17)18/h10,12H,6-9H2,1-5H3,(H,16,20)(H,17,18). The number of carbonyl (C=O) groups excluding carboxylic acids is 2. The molecule has 0 aromatic carbocycles. The van der Waals surface area contributed by atoms with Crippen LogP contribution in [0.15, 0.2) is 0 Å². The Morgan fingerprint density at radius 2 is 1.73 bits per heavy atom. The van der Waals surface area contributed by atoms with Crippen molar-refractivity contribution in [1.29, 1.82) is 0 Å². The van der Waals surface area contributed by atoms with Crippen molar-refractivity contribution in [3.05, 3.63) is 0 Å². The van der Waals surface area contributed by atoms with Crippen molar-refractivity contribution in [3.8, 4) is 0 Å². The summed E-state index contributed by atoms with van der Waals surface area (Å²) in [5.41, 5.74) is -0.646. The third kappa shape index (κ3) is 10.0. The Balaban J connectivity index is 4.29. The minimum Gasteiger partial charge on any atom is -0.481 e. The monoisotopic (exact) mass is 317 g/mol. The first-order chi connectivity index (χ1) is 10.0. The molecular weight excluding hydrogens is 290 g/mol. The Hall–Kier alpha value is -1.79. The van der Waals surface area contributed by atoms with Crippen LogP contribution in [0.2, 0.25) is 0 Å². The lowest BCUT2D eigenvalue weighted by molar-refractivity contribution is -0.147. The van der Waals surface area contributed by atoms with E-state index in [0.29, 0.717) is 12.8 Å². The number of hydrogen-bond acceptors (Lipinski definition) is 5. The van der Waals surface area contributed by atoms with E-state index in [2.05, 4.69) is 5.32 Å². The molecule has 0 heterocycles. The highest BCUT2D eigenvalue weighted by Gasteiger charge is 2.28. The second-order valence-corrected chi connectivity index (χ2v) is 6.39. The fraction of sp³-hybridized carbons (Fsp3) is 0.800. The van der Waals surface area contributed by atoms with Gasteiger partial charge in [-0.25, -0.2) is 9.59 Å². The molecule has 0 aliphatic carbocycles. The van der Waals surface area contributed by atoms with Crippen LogP contribution in [0.1, 0.15) is 53.9 Å². The van der Waals surface area contributed by atoms with Gasteiger partial charge in [-0.05, 0) is 39.5 Å². The van der Waals surface area contributed by atoms with Gasteiger partial charge in [-0.15, -0.1) is 0 Å². The molecule has 0 saturated carbocycles. The van der Waals surface area contributed by atoms with Crippen LogP contribution in [0.25, 0.3) is 0 Å². The number of ether oxygens (including phenoxy) is 2. The first-order valence-corrected chi connectivity index (χ1v) is 7.41. The van der Waals surface area contributed by atoms with Gasteiger partial charge in [0, 0.05) is 6.42 Å². The van der Waals surface area contributed by atoms with Crippen molar-refractivity contribution in [1.82, 2.24) is 5.32 Å². The minimum absolute atomic E-state index is 0.0430. The zero-order valence-electron chi connectivity index (χ0n) is 14.0. The number of nitrogens with one attached hydrogen (secondary N) is 1. The molecule has 1 unspecified atom stereocenters. The van der Waals surface area contributed by atoms with Gasteiger partial charge in [-0.3, -0.25) is 4.79 Å². The van der Waals surface area contributed by atoms with Gasteiger partial charge < -0.3 is 19.9 Å². The zero-order valence-corrected chi connectivity index (χ0v) is 14.0. The Bertz CT molecular complexity index is 386. The van der Waals surface area contributed by atoms with Gasteiger partial charge >= 0.3 is 18.0 Å². The van der Waals surface area contributed by atoms with Crippen molar-refractivity contribution in [2.24, 2.45) is 5.92 Å². The maximum atomic E-state index is 12.0. The quantitative estimate of drug-likeness (QED) is 0.526. The van der Waals surface area contributed by atoms with Crippen LogP contribution in [0.5, 0.6) is 0 Å². The Kier molecular flexibility index (Phi) is 8.52. The molecule has 2 N–H and O–H groups in total. The molecular formula is C15H27NO6. The van der Waals surface area contributed by atoms with Gasteiger partial charge in [-0.1, -0.05) is 13.8 Å². The molecule has 0 bridgehead atoms. The van der Waals surface area contributed by atoms with Crippen molar-refractivity contribution in [2.75, 3.05) is 6.61 Å². The smallest absolute Gasteiger partial charge is 0.408 e. The highest BCUT2D eigenvalue weighted by Crippen LogP contribution is 2.10. The summed E-state index contributed by atoms with van der Waals surface area (Å²) in [6.45, 7) is 8.90. The van der Waals surface area contributed by atoms with Crippen LogP contribution in [0.3, 0.4) is 0 Å². The number of unbranched alkanes of at least 4 members (excludes halogenated alkanes) is 1. The third-order valence-electron chi connectivity index (χ3n) is 2.62. The number of amides is 1. The van der Waals surface area contributed by atoms with E-state index in [4.69, 9.17) is 14.6 Å². The van der Waals surface area contributed by atoms with Gasteiger partial charge in [0.15, 0.2) is 0 Å². The molecule has 22 heavy (non-hydrogen) atoms. The van der Waals surface area contributed by atoms with Crippen LogP contribution < -0.4 is 5.32 Å². The van der Waals surface area contributed by atoms with Crippen LogP contribution in [-0.4, -0.2) is 41.4 Å². The highest BCUT2D eigenvalue weighted by atomic mass is 16.6. The third-order valence-corrected chi connectivity index (χ3v) is 2.62. The molecule has 0 saturated heterocycles. The first kappa shape index (κ1) is 20.2. The lowest BCUT2D eigenvalue weighted by Gasteiger charge is -2.24. The molecule has 7 heteroatoms. The van der Waals surface area contributed by atoms with Gasteiger partial charge in [0.1, 0.15) is 11.6 Å². The second-order valence-electron chi connectivity index (χ2n) is 6.39. The predicted octanol–water partition coefficient (Wildman–Crippen LogP) is 2.33. The van der Waals surface area contributed by atoms with Crippen LogP contribution in [0, 0.1) is 5.92 Å². The summed E-state index contributed by atoms with van der Waals surface area (Å²) in [6, 6.07) is -0.797. The summed E-state index contributed by atoms with van der Waals surface area (Å²) in [7, 11) is 0.